The van der Waals surface area contributed by atoms with Crippen LogP contribution in [0.1, 0.15) is 12.0 Å². The molecule has 0 amide bonds. The zero-order valence-electron chi connectivity index (χ0n) is 19.0. The lowest BCUT2D eigenvalue weighted by Crippen LogP contribution is -2.11. The summed E-state index contributed by atoms with van der Waals surface area (Å²) in [7, 11) is 0. The van der Waals surface area contributed by atoms with Crippen molar-refractivity contribution in [3.8, 4) is 28.5 Å². The fraction of sp³-hybridized carbons (Fsp3) is 0.185. The Labute approximate surface area is 200 Å². The van der Waals surface area contributed by atoms with Crippen LogP contribution in [0.2, 0.25) is 0 Å². The number of nitrogens with two attached hydrogens (primary N) is 1. The fourth-order valence-electron chi connectivity index (χ4n) is 4.40. The van der Waals surface area contributed by atoms with Crippen LogP contribution in [-0.2, 0) is 13.2 Å². The number of H-pyrrole nitrogens is 1. The number of nitrogens with zero attached hydrogens (tertiary/aromatic N) is 2. The van der Waals surface area contributed by atoms with Crippen molar-refractivity contribution in [2.45, 2.75) is 19.6 Å². The Morgan fingerprint density at radius 3 is 2.71 bits per heavy atom. The highest BCUT2D eigenvalue weighted by Crippen LogP contribution is 2.36. The molecule has 176 valence electrons. The predicted molar refractivity (Wildman–Crippen MR) is 134 cm³/mol. The quantitative estimate of drug-likeness (QED) is 0.371. The molecule has 0 atom stereocenters. The van der Waals surface area contributed by atoms with Gasteiger partial charge in [0.25, 0.3) is 5.56 Å². The third kappa shape index (κ3) is 3.98. The summed E-state index contributed by atoms with van der Waals surface area (Å²) in [4.78, 5) is 20.8. The topological polar surface area (TPSA) is 104 Å². The average Bonchev–Trinajstić information content (AvgIpc) is 3.49. The Morgan fingerprint density at radius 1 is 1.06 bits per heavy atom. The van der Waals surface area contributed by atoms with Gasteiger partial charge < -0.3 is 29.5 Å². The summed E-state index contributed by atoms with van der Waals surface area (Å²) < 4.78 is 19.1. The van der Waals surface area contributed by atoms with Crippen molar-refractivity contribution < 1.29 is 14.2 Å². The van der Waals surface area contributed by atoms with Crippen LogP contribution in [0.4, 0.5) is 0 Å². The molecular weight excluding hydrogens is 444 g/mol. The van der Waals surface area contributed by atoms with Gasteiger partial charge in [0, 0.05) is 41.3 Å². The van der Waals surface area contributed by atoms with E-state index < -0.39 is 0 Å². The van der Waals surface area contributed by atoms with Crippen molar-refractivity contribution in [1.82, 2.24) is 14.5 Å². The molecule has 6 rings (SSSR count). The number of aromatic nitrogens is 3. The summed E-state index contributed by atoms with van der Waals surface area (Å²) in [5.41, 5.74) is 9.87. The molecule has 35 heavy (non-hydrogen) atoms. The van der Waals surface area contributed by atoms with Crippen LogP contribution >= 0.6 is 0 Å². The van der Waals surface area contributed by atoms with E-state index in [9.17, 15) is 4.79 Å². The largest absolute Gasteiger partial charge is 0.489 e. The molecule has 0 saturated carbocycles. The molecule has 0 radical (unpaired) electrons. The van der Waals surface area contributed by atoms with Gasteiger partial charge in [0.05, 0.1) is 11.0 Å². The molecule has 1 aliphatic rings. The first-order valence-corrected chi connectivity index (χ1v) is 11.5. The smallest absolute Gasteiger partial charge is 0.275 e. The van der Waals surface area contributed by atoms with Gasteiger partial charge in [-0.15, -0.1) is 0 Å². The predicted octanol–water partition coefficient (Wildman–Crippen LogP) is 4.20. The number of hydrogen-bond acceptors (Lipinski definition) is 6. The summed E-state index contributed by atoms with van der Waals surface area (Å²) in [6.45, 7) is 1.93. The highest BCUT2D eigenvalue weighted by molar-refractivity contribution is 5.97. The number of aromatic amines is 1. The number of rotatable bonds is 7. The van der Waals surface area contributed by atoms with Crippen LogP contribution in [0.3, 0.4) is 0 Å². The Morgan fingerprint density at radius 2 is 1.89 bits per heavy atom. The highest BCUT2D eigenvalue weighted by atomic mass is 16.7. The van der Waals surface area contributed by atoms with Crippen LogP contribution in [0.15, 0.2) is 71.7 Å². The van der Waals surface area contributed by atoms with Crippen LogP contribution in [0.5, 0.6) is 17.2 Å². The normalized spacial score (nSPS) is 12.5. The molecule has 0 spiro atoms. The second kappa shape index (κ2) is 8.81. The second-order valence-electron chi connectivity index (χ2n) is 8.47. The summed E-state index contributed by atoms with van der Waals surface area (Å²) in [5, 5.41) is 0.894. The van der Waals surface area contributed by atoms with Crippen molar-refractivity contribution >= 4 is 21.9 Å². The summed E-state index contributed by atoms with van der Waals surface area (Å²) in [6, 6.07) is 19.5. The van der Waals surface area contributed by atoms with Gasteiger partial charge in [0.15, 0.2) is 11.5 Å². The molecular formula is C27H24N4O4. The number of benzene rings is 3. The van der Waals surface area contributed by atoms with E-state index in [-0.39, 0.29) is 12.4 Å². The first-order valence-electron chi connectivity index (χ1n) is 11.5. The fourth-order valence-corrected chi connectivity index (χ4v) is 4.40. The number of nitrogens with one attached hydrogen (secondary N) is 1. The van der Waals surface area contributed by atoms with Crippen LogP contribution in [0.25, 0.3) is 33.2 Å². The summed E-state index contributed by atoms with van der Waals surface area (Å²) >= 11 is 0. The molecule has 8 nitrogen and oxygen atoms in total. The lowest BCUT2D eigenvalue weighted by molar-refractivity contribution is 0.174. The van der Waals surface area contributed by atoms with Gasteiger partial charge in [0.1, 0.15) is 18.1 Å². The Kier molecular flexibility index (Phi) is 5.35. The minimum Gasteiger partial charge on any atom is -0.489 e. The lowest BCUT2D eigenvalue weighted by Gasteiger charge is -2.08. The van der Waals surface area contributed by atoms with Gasteiger partial charge in [-0.05, 0) is 36.7 Å². The molecule has 8 heteroatoms. The number of hydrogen-bond donors (Lipinski definition) is 2. The molecule has 0 saturated heterocycles. The van der Waals surface area contributed by atoms with E-state index in [1.165, 1.54) is 0 Å². The van der Waals surface area contributed by atoms with E-state index in [1.54, 1.807) is 12.1 Å². The molecule has 0 fully saturated rings. The highest BCUT2D eigenvalue weighted by Gasteiger charge is 2.19. The maximum Gasteiger partial charge on any atom is 0.275 e. The van der Waals surface area contributed by atoms with E-state index in [0.717, 1.165) is 40.7 Å². The number of fused-ring (bicyclic) bond motifs is 3. The molecule has 0 bridgehead atoms. The van der Waals surface area contributed by atoms with E-state index in [0.29, 0.717) is 41.4 Å². The monoisotopic (exact) mass is 468 g/mol. The van der Waals surface area contributed by atoms with E-state index in [1.807, 2.05) is 54.7 Å². The molecule has 3 aromatic carbocycles. The van der Waals surface area contributed by atoms with Gasteiger partial charge in [-0.2, -0.15) is 0 Å². The molecule has 1 aliphatic heterocycles. The van der Waals surface area contributed by atoms with Crippen molar-refractivity contribution in [2.75, 3.05) is 13.3 Å². The third-order valence-electron chi connectivity index (χ3n) is 6.15. The van der Waals surface area contributed by atoms with Gasteiger partial charge in [-0.1, -0.05) is 30.3 Å². The van der Waals surface area contributed by atoms with Gasteiger partial charge in [0.2, 0.25) is 6.79 Å². The molecule has 2 aromatic heterocycles. The van der Waals surface area contributed by atoms with E-state index in [4.69, 9.17) is 24.9 Å². The molecule has 0 aliphatic carbocycles. The van der Waals surface area contributed by atoms with Crippen LogP contribution in [0, 0.1) is 0 Å². The minimum atomic E-state index is -0.273. The van der Waals surface area contributed by atoms with Crippen molar-refractivity contribution in [3.05, 3.63) is 82.8 Å². The Bertz CT molecular complexity index is 1590. The Hall–Kier alpha value is -4.30. The van der Waals surface area contributed by atoms with Crippen molar-refractivity contribution in [3.63, 3.8) is 0 Å². The summed E-state index contributed by atoms with van der Waals surface area (Å²) in [5.74, 6) is 1.94. The lowest BCUT2D eigenvalue weighted by atomic mass is 10.1. The van der Waals surface area contributed by atoms with Gasteiger partial charge >= 0.3 is 0 Å². The molecule has 3 heterocycles. The van der Waals surface area contributed by atoms with Crippen molar-refractivity contribution in [1.29, 1.82) is 0 Å². The van der Waals surface area contributed by atoms with Crippen LogP contribution in [-0.4, -0.2) is 27.9 Å². The maximum absolute atomic E-state index is 13.1. The van der Waals surface area contributed by atoms with E-state index >= 15 is 0 Å². The third-order valence-corrected chi connectivity index (χ3v) is 6.15. The van der Waals surface area contributed by atoms with Gasteiger partial charge in [-0.3, -0.25) is 4.79 Å². The van der Waals surface area contributed by atoms with E-state index in [2.05, 4.69) is 9.55 Å². The molecule has 3 N–H and O–H groups in total. The first-order chi connectivity index (χ1) is 17.2. The van der Waals surface area contributed by atoms with Crippen LogP contribution < -0.4 is 25.5 Å². The second-order valence-corrected chi connectivity index (χ2v) is 8.47. The Balaban J connectivity index is 1.45. The van der Waals surface area contributed by atoms with Crippen molar-refractivity contribution in [2.24, 2.45) is 5.73 Å². The zero-order chi connectivity index (χ0) is 23.8. The average molecular weight is 469 g/mol. The molecule has 5 aromatic rings. The summed E-state index contributed by atoms with van der Waals surface area (Å²) in [6.07, 6.45) is 2.79. The number of ether oxygens (including phenoxy) is 3. The van der Waals surface area contributed by atoms with Gasteiger partial charge in [-0.25, -0.2) is 4.98 Å². The standard InChI is InChI=1S/C27H24N4O4/c28-9-4-10-31-14-20(19-11-18(7-8-23(19)31)33-15-17-5-2-1-3-6-17)26-27(32)30-22-13-25-24(34-16-35-25)12-21(22)29-26/h1-3,5-8,11-14H,4,9-10,15-16,28H2,(H,30,32). The first kappa shape index (κ1) is 21.2. The molecule has 0 unspecified atom stereocenters. The SMILES string of the molecule is NCCCn1cc(-c2nc3cc4c(cc3[nH]c2=O)OCO4)c2cc(OCc3ccccc3)ccc21. The number of aryl methyl sites for hydroxylation is 1. The maximum atomic E-state index is 13.1. The minimum absolute atomic E-state index is 0.156. The zero-order valence-corrected chi connectivity index (χ0v) is 19.0.